The molecule has 0 aliphatic heterocycles. The van der Waals surface area contributed by atoms with E-state index in [1.807, 2.05) is 32.0 Å². The number of para-hydroxylation sites is 1. The molecular formula is C17H25ClN2O. The van der Waals surface area contributed by atoms with Crippen LogP contribution in [0.4, 0.5) is 0 Å². The van der Waals surface area contributed by atoms with E-state index in [0.29, 0.717) is 11.6 Å². The van der Waals surface area contributed by atoms with E-state index < -0.39 is 0 Å². The third kappa shape index (κ3) is 6.37. The summed E-state index contributed by atoms with van der Waals surface area (Å²) in [4.78, 5) is 0. The van der Waals surface area contributed by atoms with Crippen molar-refractivity contribution in [3.63, 3.8) is 0 Å². The minimum atomic E-state index is -0.296. The largest absolute Gasteiger partial charge is 0.492 e. The lowest BCUT2D eigenvalue weighted by Gasteiger charge is -2.17. The molecule has 0 saturated carbocycles. The van der Waals surface area contributed by atoms with E-state index in [9.17, 15) is 0 Å². The number of nitrogens with one attached hydrogen (secondary N) is 1. The molecule has 0 aromatic heterocycles. The fourth-order valence-corrected chi connectivity index (χ4v) is 2.25. The van der Waals surface area contributed by atoms with Gasteiger partial charge in [-0.05, 0) is 45.7 Å². The van der Waals surface area contributed by atoms with Crippen LogP contribution in [-0.2, 0) is 6.54 Å². The fourth-order valence-electron chi connectivity index (χ4n) is 2.00. The summed E-state index contributed by atoms with van der Waals surface area (Å²) in [6.45, 7) is 8.34. The number of hydrogen-bond donors (Lipinski definition) is 1. The maximum absolute atomic E-state index is 9.00. The van der Waals surface area contributed by atoms with Crippen molar-refractivity contribution in [2.24, 2.45) is 5.41 Å². The Balaban J connectivity index is 2.55. The van der Waals surface area contributed by atoms with Crippen molar-refractivity contribution >= 4 is 11.6 Å². The van der Waals surface area contributed by atoms with Gasteiger partial charge in [0.1, 0.15) is 5.75 Å². The van der Waals surface area contributed by atoms with Gasteiger partial charge in [0.2, 0.25) is 0 Å². The highest BCUT2D eigenvalue weighted by Crippen LogP contribution is 2.29. The number of nitriles is 1. The van der Waals surface area contributed by atoms with Gasteiger partial charge < -0.3 is 10.1 Å². The first kappa shape index (κ1) is 17.8. The van der Waals surface area contributed by atoms with Crippen LogP contribution < -0.4 is 10.1 Å². The van der Waals surface area contributed by atoms with Crippen LogP contribution in [0.5, 0.6) is 5.75 Å². The van der Waals surface area contributed by atoms with Crippen molar-refractivity contribution in [2.45, 2.75) is 46.6 Å². The fraction of sp³-hybridized carbons (Fsp3) is 0.588. The van der Waals surface area contributed by atoms with Crippen molar-refractivity contribution < 1.29 is 4.74 Å². The molecule has 0 bridgehead atoms. The zero-order valence-electron chi connectivity index (χ0n) is 13.2. The van der Waals surface area contributed by atoms with E-state index in [0.717, 1.165) is 43.7 Å². The van der Waals surface area contributed by atoms with Crippen LogP contribution in [0, 0.1) is 16.7 Å². The summed E-state index contributed by atoms with van der Waals surface area (Å²) in [5.41, 5.74) is 0.783. The van der Waals surface area contributed by atoms with E-state index in [2.05, 4.69) is 18.3 Å². The summed E-state index contributed by atoms with van der Waals surface area (Å²) in [5.74, 6) is 0.762. The van der Waals surface area contributed by atoms with Crippen molar-refractivity contribution in [2.75, 3.05) is 13.2 Å². The van der Waals surface area contributed by atoms with Gasteiger partial charge in [0.25, 0.3) is 0 Å². The molecule has 0 amide bonds. The molecule has 0 saturated heterocycles. The maximum Gasteiger partial charge on any atom is 0.142 e. The molecule has 0 aliphatic carbocycles. The van der Waals surface area contributed by atoms with E-state index in [1.165, 1.54) is 0 Å². The normalized spacial score (nSPS) is 11.2. The average Bonchev–Trinajstić information content (AvgIpc) is 2.46. The summed E-state index contributed by atoms with van der Waals surface area (Å²) >= 11 is 6.23. The SMILES string of the molecule is CCCNCc1cccc(Cl)c1OCCCC(C)(C)C#N. The van der Waals surface area contributed by atoms with Gasteiger partial charge in [-0.25, -0.2) is 0 Å². The van der Waals surface area contributed by atoms with Crippen LogP contribution in [0.1, 0.15) is 45.6 Å². The Hall–Kier alpha value is -1.24. The molecule has 1 rings (SSSR count). The van der Waals surface area contributed by atoms with Gasteiger partial charge in [0.05, 0.1) is 23.1 Å². The van der Waals surface area contributed by atoms with Gasteiger partial charge in [0, 0.05) is 12.1 Å². The molecule has 0 fully saturated rings. The highest BCUT2D eigenvalue weighted by atomic mass is 35.5. The molecule has 0 aliphatic rings. The molecule has 4 heteroatoms. The van der Waals surface area contributed by atoms with Crippen LogP contribution in [0.15, 0.2) is 18.2 Å². The van der Waals surface area contributed by atoms with Crippen molar-refractivity contribution in [1.82, 2.24) is 5.32 Å². The average molecular weight is 309 g/mol. The summed E-state index contributed by atoms with van der Waals surface area (Å²) in [7, 11) is 0. The lowest BCUT2D eigenvalue weighted by atomic mass is 9.90. The second-order valence-electron chi connectivity index (χ2n) is 5.85. The number of ether oxygens (including phenoxy) is 1. The summed E-state index contributed by atoms with van der Waals surface area (Å²) in [5, 5.41) is 13.0. The minimum Gasteiger partial charge on any atom is -0.492 e. The van der Waals surface area contributed by atoms with Crippen molar-refractivity contribution in [3.8, 4) is 11.8 Å². The van der Waals surface area contributed by atoms with Crippen molar-refractivity contribution in [3.05, 3.63) is 28.8 Å². The zero-order chi connectivity index (χ0) is 15.7. The second kappa shape index (κ2) is 8.92. The lowest BCUT2D eigenvalue weighted by molar-refractivity contribution is 0.281. The van der Waals surface area contributed by atoms with Gasteiger partial charge in [-0.2, -0.15) is 5.26 Å². The number of nitrogens with zero attached hydrogens (tertiary/aromatic N) is 1. The van der Waals surface area contributed by atoms with Crippen molar-refractivity contribution in [1.29, 1.82) is 5.26 Å². The predicted octanol–water partition coefficient (Wildman–Crippen LogP) is 4.55. The van der Waals surface area contributed by atoms with Crippen LogP contribution >= 0.6 is 11.6 Å². The molecule has 1 N–H and O–H groups in total. The van der Waals surface area contributed by atoms with Gasteiger partial charge in [0.15, 0.2) is 0 Å². The van der Waals surface area contributed by atoms with E-state index in [1.54, 1.807) is 0 Å². The van der Waals surface area contributed by atoms with Gasteiger partial charge >= 0.3 is 0 Å². The van der Waals surface area contributed by atoms with Crippen LogP contribution in [0.3, 0.4) is 0 Å². The molecule has 0 heterocycles. The van der Waals surface area contributed by atoms with Gasteiger partial charge in [-0.1, -0.05) is 30.7 Å². The first-order valence-electron chi connectivity index (χ1n) is 7.52. The molecule has 21 heavy (non-hydrogen) atoms. The standard InChI is InChI=1S/C17H25ClN2O/c1-4-10-20-12-14-7-5-8-15(18)16(14)21-11-6-9-17(2,3)13-19/h5,7-8,20H,4,6,9-12H2,1-3H3. The Bertz CT molecular complexity index is 480. The maximum atomic E-state index is 9.00. The quantitative estimate of drug-likeness (QED) is 0.681. The van der Waals surface area contributed by atoms with E-state index in [4.69, 9.17) is 21.6 Å². The third-order valence-electron chi connectivity index (χ3n) is 3.29. The Morgan fingerprint density at radius 3 is 2.81 bits per heavy atom. The number of halogens is 1. The summed E-state index contributed by atoms with van der Waals surface area (Å²) < 4.78 is 5.86. The van der Waals surface area contributed by atoms with Crippen LogP contribution in [-0.4, -0.2) is 13.2 Å². The highest BCUT2D eigenvalue weighted by molar-refractivity contribution is 6.32. The number of hydrogen-bond acceptors (Lipinski definition) is 3. The molecule has 3 nitrogen and oxygen atoms in total. The third-order valence-corrected chi connectivity index (χ3v) is 3.58. The summed E-state index contributed by atoms with van der Waals surface area (Å²) in [6, 6.07) is 8.12. The summed E-state index contributed by atoms with van der Waals surface area (Å²) in [6.07, 6.45) is 2.75. The molecule has 0 unspecified atom stereocenters. The monoisotopic (exact) mass is 308 g/mol. The molecule has 0 spiro atoms. The molecule has 0 radical (unpaired) electrons. The first-order chi connectivity index (χ1) is 10.00. The Morgan fingerprint density at radius 1 is 1.38 bits per heavy atom. The van der Waals surface area contributed by atoms with Crippen LogP contribution in [0.2, 0.25) is 5.02 Å². The molecule has 116 valence electrons. The number of rotatable bonds is 9. The van der Waals surface area contributed by atoms with Gasteiger partial charge in [-0.3, -0.25) is 0 Å². The first-order valence-corrected chi connectivity index (χ1v) is 7.90. The Morgan fingerprint density at radius 2 is 2.14 bits per heavy atom. The minimum absolute atomic E-state index is 0.296. The Labute approximate surface area is 133 Å². The molecular weight excluding hydrogens is 284 g/mol. The van der Waals surface area contributed by atoms with Gasteiger partial charge in [-0.15, -0.1) is 0 Å². The topological polar surface area (TPSA) is 45.0 Å². The van der Waals surface area contributed by atoms with Crippen LogP contribution in [0.25, 0.3) is 0 Å². The lowest BCUT2D eigenvalue weighted by Crippen LogP contribution is -2.15. The highest BCUT2D eigenvalue weighted by Gasteiger charge is 2.16. The molecule has 0 atom stereocenters. The van der Waals surface area contributed by atoms with E-state index in [-0.39, 0.29) is 5.41 Å². The Kier molecular flexibility index (Phi) is 7.56. The zero-order valence-corrected chi connectivity index (χ0v) is 14.0. The van der Waals surface area contributed by atoms with E-state index >= 15 is 0 Å². The molecule has 1 aromatic carbocycles. The predicted molar refractivity (Wildman–Crippen MR) is 87.6 cm³/mol. The number of benzene rings is 1. The molecule has 1 aromatic rings. The smallest absolute Gasteiger partial charge is 0.142 e. The second-order valence-corrected chi connectivity index (χ2v) is 6.26.